The number of allylic oxidation sites excluding steroid dienone is 1. The molecule has 0 aliphatic heterocycles. The van der Waals surface area contributed by atoms with Crippen molar-refractivity contribution in [1.82, 2.24) is 0 Å². The summed E-state index contributed by atoms with van der Waals surface area (Å²) in [4.78, 5) is 22.1. The predicted molar refractivity (Wildman–Crippen MR) is 52.7 cm³/mol. The van der Waals surface area contributed by atoms with Crippen LogP contribution in [0.4, 0.5) is 0 Å². The zero-order chi connectivity index (χ0) is 11.0. The normalized spacial score (nSPS) is 29.6. The molecule has 1 saturated carbocycles. The molecule has 0 heterocycles. The second-order valence-corrected chi connectivity index (χ2v) is 4.53. The molecule has 0 radical (unpaired) electrons. The van der Waals surface area contributed by atoms with Gasteiger partial charge < -0.3 is 4.74 Å². The summed E-state index contributed by atoms with van der Waals surface area (Å²) in [6.45, 7) is 5.70. The van der Waals surface area contributed by atoms with Gasteiger partial charge in [0.1, 0.15) is 6.29 Å². The van der Waals surface area contributed by atoms with E-state index in [0.29, 0.717) is 5.57 Å². The maximum atomic E-state index is 11.6. The van der Waals surface area contributed by atoms with E-state index < -0.39 is 5.41 Å². The van der Waals surface area contributed by atoms with Crippen molar-refractivity contribution < 1.29 is 14.3 Å². The van der Waals surface area contributed by atoms with Crippen molar-refractivity contribution in [3.63, 3.8) is 0 Å². The number of rotatable bonds is 3. The minimum Gasteiger partial charge on any atom is -0.468 e. The van der Waals surface area contributed by atoms with Crippen molar-refractivity contribution in [2.45, 2.75) is 27.2 Å². The summed E-state index contributed by atoms with van der Waals surface area (Å²) in [5.74, 6) is -0.247. The van der Waals surface area contributed by atoms with Crippen LogP contribution in [0.3, 0.4) is 0 Å². The van der Waals surface area contributed by atoms with Gasteiger partial charge in [-0.2, -0.15) is 0 Å². The van der Waals surface area contributed by atoms with Gasteiger partial charge in [-0.3, -0.25) is 9.59 Å². The van der Waals surface area contributed by atoms with Crippen molar-refractivity contribution >= 4 is 12.3 Å². The Morgan fingerprint density at radius 2 is 1.93 bits per heavy atom. The van der Waals surface area contributed by atoms with Gasteiger partial charge in [0.15, 0.2) is 0 Å². The Kier molecular flexibility index (Phi) is 2.52. The van der Waals surface area contributed by atoms with E-state index in [1.807, 2.05) is 13.8 Å². The average molecular weight is 196 g/mol. The van der Waals surface area contributed by atoms with Crippen LogP contribution in [0.25, 0.3) is 0 Å². The number of esters is 1. The zero-order valence-electron chi connectivity index (χ0n) is 9.09. The van der Waals surface area contributed by atoms with Crippen molar-refractivity contribution in [2.75, 3.05) is 7.11 Å². The first-order chi connectivity index (χ1) is 6.39. The molecule has 0 bridgehead atoms. The lowest BCUT2D eigenvalue weighted by Gasteiger charge is -2.13. The third-order valence-corrected chi connectivity index (χ3v) is 3.01. The molecule has 0 aromatic carbocycles. The van der Waals surface area contributed by atoms with E-state index in [9.17, 15) is 9.59 Å². The molecule has 1 aliphatic carbocycles. The highest BCUT2D eigenvalue weighted by atomic mass is 16.5. The highest BCUT2D eigenvalue weighted by Crippen LogP contribution is 2.65. The summed E-state index contributed by atoms with van der Waals surface area (Å²) in [5, 5.41) is 0. The number of aldehydes is 1. The standard InChI is InChI=1S/C11H16O3/c1-8(6-12)5-11(9(13)14-4)7-10(11,2)3/h5-6H,7H2,1-4H3/b8-5+. The highest BCUT2D eigenvalue weighted by molar-refractivity contribution is 5.86. The molecule has 78 valence electrons. The van der Waals surface area contributed by atoms with Gasteiger partial charge in [-0.05, 0) is 24.3 Å². The smallest absolute Gasteiger partial charge is 0.316 e. The van der Waals surface area contributed by atoms with Crippen LogP contribution in [-0.2, 0) is 14.3 Å². The third-order valence-electron chi connectivity index (χ3n) is 3.01. The molecule has 1 unspecified atom stereocenters. The number of hydrogen-bond donors (Lipinski definition) is 0. The lowest BCUT2D eigenvalue weighted by molar-refractivity contribution is -0.146. The Balaban J connectivity index is 2.99. The van der Waals surface area contributed by atoms with Crippen LogP contribution in [0.2, 0.25) is 0 Å². The number of methoxy groups -OCH3 is 1. The van der Waals surface area contributed by atoms with Gasteiger partial charge in [-0.25, -0.2) is 0 Å². The van der Waals surface area contributed by atoms with Crippen LogP contribution < -0.4 is 0 Å². The summed E-state index contributed by atoms with van der Waals surface area (Å²) < 4.78 is 4.76. The van der Waals surface area contributed by atoms with E-state index in [1.54, 1.807) is 13.0 Å². The van der Waals surface area contributed by atoms with Crippen LogP contribution >= 0.6 is 0 Å². The van der Waals surface area contributed by atoms with Gasteiger partial charge in [0.05, 0.1) is 12.5 Å². The van der Waals surface area contributed by atoms with Crippen LogP contribution in [0.5, 0.6) is 0 Å². The summed E-state index contributed by atoms with van der Waals surface area (Å²) in [5.41, 5.74) is -0.0853. The quantitative estimate of drug-likeness (QED) is 0.392. The fourth-order valence-corrected chi connectivity index (χ4v) is 1.91. The topological polar surface area (TPSA) is 43.4 Å². The van der Waals surface area contributed by atoms with Crippen molar-refractivity contribution in [2.24, 2.45) is 10.8 Å². The molecule has 0 spiro atoms. The third kappa shape index (κ3) is 1.47. The van der Waals surface area contributed by atoms with Crippen LogP contribution in [0, 0.1) is 10.8 Å². The molecule has 0 amide bonds. The summed E-state index contributed by atoms with van der Waals surface area (Å²) in [7, 11) is 1.38. The Morgan fingerprint density at radius 1 is 1.43 bits per heavy atom. The van der Waals surface area contributed by atoms with Gasteiger partial charge in [0.2, 0.25) is 0 Å². The second kappa shape index (κ2) is 3.23. The maximum absolute atomic E-state index is 11.6. The van der Waals surface area contributed by atoms with Crippen molar-refractivity contribution in [3.05, 3.63) is 11.6 Å². The number of hydrogen-bond acceptors (Lipinski definition) is 3. The second-order valence-electron chi connectivity index (χ2n) is 4.53. The summed E-state index contributed by atoms with van der Waals surface area (Å²) >= 11 is 0. The average Bonchev–Trinajstić information content (AvgIpc) is 2.68. The molecule has 3 nitrogen and oxygen atoms in total. The molecule has 0 saturated heterocycles. The number of ether oxygens (including phenoxy) is 1. The van der Waals surface area contributed by atoms with Gasteiger partial charge in [-0.1, -0.05) is 19.9 Å². The van der Waals surface area contributed by atoms with Crippen LogP contribution in [0.15, 0.2) is 11.6 Å². The predicted octanol–water partition coefficient (Wildman–Crippen LogP) is 1.72. The summed E-state index contributed by atoms with van der Waals surface area (Å²) in [6.07, 6.45) is 3.24. The lowest BCUT2D eigenvalue weighted by atomic mass is 9.94. The number of carbonyl (C=O) groups excluding carboxylic acids is 2. The van der Waals surface area contributed by atoms with Gasteiger partial charge in [-0.15, -0.1) is 0 Å². The monoisotopic (exact) mass is 196 g/mol. The Morgan fingerprint density at radius 3 is 2.21 bits per heavy atom. The maximum Gasteiger partial charge on any atom is 0.316 e. The minimum atomic E-state index is -0.577. The van der Waals surface area contributed by atoms with Crippen LogP contribution in [0.1, 0.15) is 27.2 Å². The molecule has 14 heavy (non-hydrogen) atoms. The van der Waals surface area contributed by atoms with E-state index in [4.69, 9.17) is 4.74 Å². The first-order valence-corrected chi connectivity index (χ1v) is 4.63. The van der Waals surface area contributed by atoms with E-state index >= 15 is 0 Å². The fraction of sp³-hybridized carbons (Fsp3) is 0.636. The Hall–Kier alpha value is -1.12. The summed E-state index contributed by atoms with van der Waals surface area (Å²) in [6, 6.07) is 0. The van der Waals surface area contributed by atoms with Gasteiger partial charge >= 0.3 is 5.97 Å². The molecule has 1 rings (SSSR count). The zero-order valence-corrected chi connectivity index (χ0v) is 9.09. The molecule has 1 aliphatic rings. The Labute approximate surface area is 84.1 Å². The van der Waals surface area contributed by atoms with Gasteiger partial charge in [0.25, 0.3) is 0 Å². The molecular formula is C11H16O3. The van der Waals surface area contributed by atoms with E-state index in [0.717, 1.165) is 12.7 Å². The van der Waals surface area contributed by atoms with Gasteiger partial charge in [0, 0.05) is 0 Å². The Bertz CT molecular complexity index is 302. The van der Waals surface area contributed by atoms with Crippen LogP contribution in [-0.4, -0.2) is 19.4 Å². The largest absolute Gasteiger partial charge is 0.468 e. The number of carbonyl (C=O) groups is 2. The lowest BCUT2D eigenvalue weighted by Crippen LogP contribution is -2.21. The van der Waals surface area contributed by atoms with E-state index in [1.165, 1.54) is 7.11 Å². The highest BCUT2D eigenvalue weighted by Gasteiger charge is 2.65. The molecule has 0 aromatic heterocycles. The molecular weight excluding hydrogens is 180 g/mol. The SMILES string of the molecule is COC(=O)C1(/C=C(\C)C=O)CC1(C)C. The molecule has 0 aromatic rings. The first kappa shape index (κ1) is 11.0. The fourth-order valence-electron chi connectivity index (χ4n) is 1.91. The molecule has 0 N–H and O–H groups in total. The minimum absolute atomic E-state index is 0.0929. The van der Waals surface area contributed by atoms with Crippen molar-refractivity contribution in [1.29, 1.82) is 0 Å². The van der Waals surface area contributed by atoms with E-state index in [-0.39, 0.29) is 11.4 Å². The molecule has 1 atom stereocenters. The van der Waals surface area contributed by atoms with E-state index in [2.05, 4.69) is 0 Å². The van der Waals surface area contributed by atoms with Crippen molar-refractivity contribution in [3.8, 4) is 0 Å². The first-order valence-electron chi connectivity index (χ1n) is 4.63. The molecule has 3 heteroatoms. The molecule has 1 fully saturated rings.